The third-order valence-electron chi connectivity index (χ3n) is 1.05. The van der Waals surface area contributed by atoms with Gasteiger partial charge in [0.05, 0.1) is 4.90 Å². The quantitative estimate of drug-likeness (QED) is 0.620. The second-order valence-electron chi connectivity index (χ2n) is 1.69. The lowest BCUT2D eigenvalue weighted by atomic mass is 10.4. The Labute approximate surface area is 70.6 Å². The molecule has 0 aliphatic heterocycles. The minimum Gasteiger partial charge on any atom is -0.244 e. The van der Waals surface area contributed by atoms with Crippen LogP contribution in [-0.4, -0.2) is 9.19 Å². The predicted molar refractivity (Wildman–Crippen MR) is 41.2 cm³/mol. The smallest absolute Gasteiger partial charge is 0.157 e. The first kappa shape index (κ1) is 8.18. The molecule has 0 aliphatic rings. The van der Waals surface area contributed by atoms with Crippen molar-refractivity contribution in [3.63, 3.8) is 0 Å². The molecule has 1 aromatic rings. The Morgan fingerprint density at radius 1 is 1.73 bits per heavy atom. The van der Waals surface area contributed by atoms with E-state index in [1.54, 1.807) is 12.1 Å². The third-order valence-corrected chi connectivity index (χ3v) is 2.22. The van der Waals surface area contributed by atoms with Gasteiger partial charge in [0.25, 0.3) is 0 Å². The summed E-state index contributed by atoms with van der Waals surface area (Å²) in [7, 11) is 3.62. The minimum atomic E-state index is -1.65. The normalized spacial score (nSPS) is 12.0. The summed E-state index contributed by atoms with van der Waals surface area (Å²) >= 11 is 0. The highest BCUT2D eigenvalue weighted by Crippen LogP contribution is 2.11. The molecule has 1 unspecified atom stereocenters. The molecular formula is C6H3ClN2OS. The third kappa shape index (κ3) is 1.76. The molecule has 0 fully saturated rings. The van der Waals surface area contributed by atoms with Crippen LogP contribution in [-0.2, 0) is 10.0 Å². The van der Waals surface area contributed by atoms with E-state index in [2.05, 4.69) is 4.98 Å². The number of nitriles is 1. The van der Waals surface area contributed by atoms with Crippen molar-refractivity contribution in [1.29, 1.82) is 5.26 Å². The molecule has 0 aliphatic carbocycles. The Hall–Kier alpha value is -0.920. The first-order valence-corrected chi connectivity index (χ1v) is 4.66. The molecule has 0 saturated carbocycles. The standard InChI is InChI=1S/C6H3ClN2OS/c7-11(10)6-2-1-3-9-5(6)4-8/h1-3H. The molecule has 3 nitrogen and oxygen atoms in total. The topological polar surface area (TPSA) is 53.8 Å². The van der Waals surface area contributed by atoms with Gasteiger partial charge in [0.2, 0.25) is 0 Å². The van der Waals surface area contributed by atoms with Crippen LogP contribution in [0.4, 0.5) is 0 Å². The molecule has 1 atom stereocenters. The Bertz CT molecular complexity index is 334. The second-order valence-corrected chi connectivity index (χ2v) is 3.41. The van der Waals surface area contributed by atoms with Gasteiger partial charge in [-0.05, 0) is 22.8 Å². The zero-order valence-electron chi connectivity index (χ0n) is 5.32. The lowest BCUT2D eigenvalue weighted by Gasteiger charge is -1.93. The lowest BCUT2D eigenvalue weighted by molar-refractivity contribution is 0.690. The van der Waals surface area contributed by atoms with E-state index >= 15 is 0 Å². The van der Waals surface area contributed by atoms with E-state index in [1.807, 2.05) is 0 Å². The van der Waals surface area contributed by atoms with E-state index in [9.17, 15) is 4.21 Å². The Morgan fingerprint density at radius 2 is 2.45 bits per heavy atom. The SMILES string of the molecule is N#Cc1ncccc1S(=O)Cl. The summed E-state index contributed by atoms with van der Waals surface area (Å²) in [5.41, 5.74) is 0.112. The molecule has 0 bridgehead atoms. The summed E-state index contributed by atoms with van der Waals surface area (Å²) in [5.74, 6) is 0. The maximum Gasteiger partial charge on any atom is 0.157 e. The average Bonchev–Trinajstić information content (AvgIpc) is 2.04. The maximum absolute atomic E-state index is 10.7. The number of aromatic nitrogens is 1. The molecule has 1 heterocycles. The van der Waals surface area contributed by atoms with Gasteiger partial charge < -0.3 is 0 Å². The number of hydrogen-bond acceptors (Lipinski definition) is 3. The lowest BCUT2D eigenvalue weighted by Crippen LogP contribution is -1.90. The molecule has 0 N–H and O–H groups in total. The number of rotatable bonds is 1. The molecule has 1 aromatic heterocycles. The van der Waals surface area contributed by atoms with E-state index in [0.717, 1.165) is 0 Å². The highest BCUT2D eigenvalue weighted by molar-refractivity contribution is 8.08. The van der Waals surface area contributed by atoms with Crippen LogP contribution in [0.2, 0.25) is 0 Å². The van der Waals surface area contributed by atoms with Crippen molar-refractivity contribution in [2.24, 2.45) is 0 Å². The highest BCUT2D eigenvalue weighted by atomic mass is 35.7. The van der Waals surface area contributed by atoms with Gasteiger partial charge in [-0.2, -0.15) is 5.26 Å². The fraction of sp³-hybridized carbons (Fsp3) is 0. The minimum absolute atomic E-state index is 0.112. The van der Waals surface area contributed by atoms with E-state index in [4.69, 9.17) is 15.9 Å². The molecule has 56 valence electrons. The largest absolute Gasteiger partial charge is 0.244 e. The number of nitrogens with zero attached hydrogens (tertiary/aromatic N) is 2. The molecule has 5 heteroatoms. The van der Waals surface area contributed by atoms with Gasteiger partial charge in [-0.1, -0.05) is 0 Å². The van der Waals surface area contributed by atoms with Crippen molar-refractivity contribution in [2.45, 2.75) is 4.90 Å². The van der Waals surface area contributed by atoms with Crippen molar-refractivity contribution < 1.29 is 4.21 Å². The predicted octanol–water partition coefficient (Wildman–Crippen LogP) is 1.21. The Balaban J connectivity index is 3.26. The molecule has 0 saturated heterocycles. The maximum atomic E-state index is 10.7. The van der Waals surface area contributed by atoms with E-state index in [0.29, 0.717) is 0 Å². The summed E-state index contributed by atoms with van der Waals surface area (Å²) in [5, 5.41) is 8.46. The zero-order valence-corrected chi connectivity index (χ0v) is 6.89. The Morgan fingerprint density at radius 3 is 2.91 bits per heavy atom. The van der Waals surface area contributed by atoms with Crippen molar-refractivity contribution in [1.82, 2.24) is 4.98 Å². The fourth-order valence-corrected chi connectivity index (χ4v) is 1.41. The average molecular weight is 187 g/mol. The summed E-state index contributed by atoms with van der Waals surface area (Å²) in [6.07, 6.45) is 1.45. The van der Waals surface area contributed by atoms with E-state index in [-0.39, 0.29) is 10.6 Å². The van der Waals surface area contributed by atoms with Gasteiger partial charge >= 0.3 is 0 Å². The molecule has 0 spiro atoms. The van der Waals surface area contributed by atoms with Gasteiger partial charge in [0.15, 0.2) is 15.7 Å². The van der Waals surface area contributed by atoms with Gasteiger partial charge in [-0.25, -0.2) is 9.19 Å². The summed E-state index contributed by atoms with van der Waals surface area (Å²) in [4.78, 5) is 3.94. The van der Waals surface area contributed by atoms with Crippen molar-refractivity contribution in [3.05, 3.63) is 24.0 Å². The van der Waals surface area contributed by atoms with Gasteiger partial charge in [-0.15, -0.1) is 0 Å². The van der Waals surface area contributed by atoms with Crippen molar-refractivity contribution in [3.8, 4) is 6.07 Å². The van der Waals surface area contributed by atoms with E-state index in [1.165, 1.54) is 12.3 Å². The molecule has 0 amide bonds. The van der Waals surface area contributed by atoms with E-state index < -0.39 is 10.0 Å². The summed E-state index contributed by atoms with van der Waals surface area (Å²) in [6.45, 7) is 0. The number of halogens is 1. The van der Waals surface area contributed by atoms with Crippen molar-refractivity contribution >= 4 is 20.7 Å². The van der Waals surface area contributed by atoms with Crippen LogP contribution in [0.1, 0.15) is 5.69 Å². The first-order chi connectivity index (χ1) is 5.25. The highest BCUT2D eigenvalue weighted by Gasteiger charge is 2.06. The van der Waals surface area contributed by atoms with Crippen LogP contribution in [0.25, 0.3) is 0 Å². The van der Waals surface area contributed by atoms with Gasteiger partial charge in [0.1, 0.15) is 6.07 Å². The summed E-state index contributed by atoms with van der Waals surface area (Å²) < 4.78 is 10.7. The van der Waals surface area contributed by atoms with Crippen LogP contribution in [0.3, 0.4) is 0 Å². The molecule has 0 radical (unpaired) electrons. The second kappa shape index (κ2) is 3.46. The number of pyridine rings is 1. The van der Waals surface area contributed by atoms with Gasteiger partial charge in [0, 0.05) is 6.20 Å². The first-order valence-electron chi connectivity index (χ1n) is 2.69. The number of hydrogen-bond donors (Lipinski definition) is 0. The van der Waals surface area contributed by atoms with Crippen LogP contribution in [0.15, 0.2) is 23.2 Å². The fourth-order valence-electron chi connectivity index (χ4n) is 0.604. The van der Waals surface area contributed by atoms with Crippen LogP contribution in [0.5, 0.6) is 0 Å². The molecule has 1 rings (SSSR count). The molecular weight excluding hydrogens is 184 g/mol. The monoisotopic (exact) mass is 186 g/mol. The molecule has 0 aromatic carbocycles. The Kier molecular flexibility index (Phi) is 2.58. The summed E-state index contributed by atoms with van der Waals surface area (Å²) in [6, 6.07) is 4.88. The molecule has 11 heavy (non-hydrogen) atoms. The van der Waals surface area contributed by atoms with Crippen molar-refractivity contribution in [2.75, 3.05) is 0 Å². The van der Waals surface area contributed by atoms with Crippen LogP contribution < -0.4 is 0 Å². The zero-order chi connectivity index (χ0) is 8.27. The van der Waals surface area contributed by atoms with Crippen LogP contribution in [0, 0.1) is 11.3 Å². The van der Waals surface area contributed by atoms with Gasteiger partial charge in [-0.3, -0.25) is 0 Å². The van der Waals surface area contributed by atoms with Crippen LogP contribution >= 0.6 is 10.7 Å².